The van der Waals surface area contributed by atoms with E-state index >= 15 is 0 Å². The molecular formula is C28H19N. The Morgan fingerprint density at radius 2 is 1.14 bits per heavy atom. The molecule has 1 heterocycles. The summed E-state index contributed by atoms with van der Waals surface area (Å²) in [6.45, 7) is 0. The van der Waals surface area contributed by atoms with Crippen molar-refractivity contribution in [1.82, 2.24) is 4.57 Å². The molecule has 0 radical (unpaired) electrons. The number of rotatable bonds is 2. The van der Waals surface area contributed by atoms with Crippen LogP contribution in [0.15, 0.2) is 115 Å². The van der Waals surface area contributed by atoms with Crippen LogP contribution in [0.4, 0.5) is 0 Å². The van der Waals surface area contributed by atoms with E-state index in [0.717, 1.165) is 0 Å². The molecule has 0 atom stereocenters. The summed E-state index contributed by atoms with van der Waals surface area (Å²) >= 11 is 0. The van der Waals surface area contributed by atoms with Crippen LogP contribution in [-0.2, 0) is 0 Å². The highest BCUT2D eigenvalue weighted by Gasteiger charge is 2.18. The highest BCUT2D eigenvalue weighted by atomic mass is 15.0. The van der Waals surface area contributed by atoms with Gasteiger partial charge in [-0.25, -0.2) is 0 Å². The Bertz CT molecular complexity index is 1480. The minimum absolute atomic E-state index is 1.19. The third kappa shape index (κ3) is 2.41. The molecule has 0 fully saturated rings. The van der Waals surface area contributed by atoms with Gasteiger partial charge in [-0.05, 0) is 40.8 Å². The zero-order valence-electron chi connectivity index (χ0n) is 15.9. The first kappa shape index (κ1) is 16.1. The second kappa shape index (κ2) is 6.35. The van der Waals surface area contributed by atoms with Crippen LogP contribution < -0.4 is 0 Å². The van der Waals surface area contributed by atoms with Crippen molar-refractivity contribution in [2.75, 3.05) is 0 Å². The van der Waals surface area contributed by atoms with Gasteiger partial charge in [0.05, 0.1) is 11.0 Å². The van der Waals surface area contributed by atoms with E-state index < -0.39 is 0 Å². The zero-order valence-corrected chi connectivity index (χ0v) is 15.9. The van der Waals surface area contributed by atoms with Crippen LogP contribution in [0.25, 0.3) is 49.4 Å². The van der Waals surface area contributed by atoms with Crippen molar-refractivity contribution in [1.29, 1.82) is 0 Å². The van der Waals surface area contributed by atoms with Gasteiger partial charge in [-0.2, -0.15) is 0 Å². The van der Waals surface area contributed by atoms with E-state index in [-0.39, 0.29) is 0 Å². The van der Waals surface area contributed by atoms with Crippen molar-refractivity contribution in [3.05, 3.63) is 115 Å². The molecule has 0 aliphatic rings. The predicted molar refractivity (Wildman–Crippen MR) is 124 cm³/mol. The smallest absolute Gasteiger partial charge is 0.0625 e. The van der Waals surface area contributed by atoms with Crippen molar-refractivity contribution < 1.29 is 0 Å². The molecule has 1 heteroatoms. The lowest BCUT2D eigenvalue weighted by atomic mass is 9.95. The topological polar surface area (TPSA) is 4.93 Å². The second-order valence-electron chi connectivity index (χ2n) is 7.42. The van der Waals surface area contributed by atoms with Gasteiger partial charge in [0, 0.05) is 21.8 Å². The Morgan fingerprint density at radius 3 is 1.93 bits per heavy atom. The fourth-order valence-corrected chi connectivity index (χ4v) is 4.52. The molecule has 0 bridgehead atoms. The van der Waals surface area contributed by atoms with Gasteiger partial charge < -0.3 is 4.57 Å². The summed E-state index contributed by atoms with van der Waals surface area (Å²) in [5, 5.41) is 5.14. The number of aromatic nitrogens is 1. The monoisotopic (exact) mass is 369 g/mol. The lowest BCUT2D eigenvalue weighted by Crippen LogP contribution is -1.94. The number of hydrogen-bond acceptors (Lipinski definition) is 0. The summed E-state index contributed by atoms with van der Waals surface area (Å²) in [7, 11) is 0. The Morgan fingerprint density at radius 1 is 0.517 bits per heavy atom. The Balaban J connectivity index is 1.92. The quantitative estimate of drug-likeness (QED) is 0.296. The maximum atomic E-state index is 2.42. The van der Waals surface area contributed by atoms with Crippen LogP contribution in [0.3, 0.4) is 0 Å². The molecule has 136 valence electrons. The van der Waals surface area contributed by atoms with E-state index in [9.17, 15) is 0 Å². The first-order valence-corrected chi connectivity index (χ1v) is 9.97. The van der Waals surface area contributed by atoms with Crippen LogP contribution in [0.5, 0.6) is 0 Å². The van der Waals surface area contributed by atoms with E-state index in [0.29, 0.717) is 0 Å². The summed E-state index contributed by atoms with van der Waals surface area (Å²) < 4.78 is 2.42. The molecular weight excluding hydrogens is 350 g/mol. The molecule has 0 unspecified atom stereocenters. The highest BCUT2D eigenvalue weighted by molar-refractivity contribution is 6.24. The molecule has 5 aromatic carbocycles. The second-order valence-corrected chi connectivity index (χ2v) is 7.42. The molecule has 0 aliphatic heterocycles. The molecule has 0 spiro atoms. The van der Waals surface area contributed by atoms with E-state index in [4.69, 9.17) is 0 Å². The molecule has 1 aromatic heterocycles. The van der Waals surface area contributed by atoms with Gasteiger partial charge in [-0.15, -0.1) is 0 Å². The SMILES string of the molecule is c1ccc(-c2cc3ccccc3c3c2c2ccccc2n3-c2ccccc2)cc1. The molecule has 0 amide bonds. The fraction of sp³-hybridized carbons (Fsp3) is 0. The number of fused-ring (bicyclic) bond motifs is 5. The molecule has 1 nitrogen and oxygen atoms in total. The largest absolute Gasteiger partial charge is 0.309 e. The number of nitrogens with zero attached hydrogens (tertiary/aromatic N) is 1. The molecule has 0 saturated carbocycles. The lowest BCUT2D eigenvalue weighted by molar-refractivity contribution is 1.19. The summed E-state index contributed by atoms with van der Waals surface area (Å²) in [6.07, 6.45) is 0. The van der Waals surface area contributed by atoms with Crippen molar-refractivity contribution in [3.63, 3.8) is 0 Å². The Kier molecular flexibility index (Phi) is 3.54. The molecule has 0 saturated heterocycles. The zero-order chi connectivity index (χ0) is 19.2. The highest BCUT2D eigenvalue weighted by Crippen LogP contribution is 2.42. The minimum atomic E-state index is 1.19. The van der Waals surface area contributed by atoms with Crippen molar-refractivity contribution in [2.45, 2.75) is 0 Å². The first-order chi connectivity index (χ1) is 14.4. The maximum Gasteiger partial charge on any atom is 0.0625 e. The number of para-hydroxylation sites is 2. The van der Waals surface area contributed by atoms with Gasteiger partial charge in [0.1, 0.15) is 0 Å². The summed E-state index contributed by atoms with van der Waals surface area (Å²) in [5.41, 5.74) is 6.23. The lowest BCUT2D eigenvalue weighted by Gasteiger charge is -2.12. The molecule has 6 aromatic rings. The summed E-state index contributed by atoms with van der Waals surface area (Å²) in [4.78, 5) is 0. The Hall–Kier alpha value is -3.84. The minimum Gasteiger partial charge on any atom is -0.309 e. The third-order valence-electron chi connectivity index (χ3n) is 5.76. The summed E-state index contributed by atoms with van der Waals surface area (Å²) in [6, 6.07) is 41.2. The van der Waals surface area contributed by atoms with Gasteiger partial charge in [0.2, 0.25) is 0 Å². The van der Waals surface area contributed by atoms with E-state index in [2.05, 4.69) is 120 Å². The van der Waals surface area contributed by atoms with Gasteiger partial charge >= 0.3 is 0 Å². The average molecular weight is 369 g/mol. The fourth-order valence-electron chi connectivity index (χ4n) is 4.52. The predicted octanol–water partition coefficient (Wildman–Crippen LogP) is 7.60. The van der Waals surface area contributed by atoms with Crippen LogP contribution in [0, 0.1) is 0 Å². The Labute approximate surface area is 169 Å². The first-order valence-electron chi connectivity index (χ1n) is 9.97. The maximum absolute atomic E-state index is 2.42. The van der Waals surface area contributed by atoms with E-state index in [1.807, 2.05) is 0 Å². The average Bonchev–Trinajstić information content (AvgIpc) is 3.15. The number of benzene rings is 5. The van der Waals surface area contributed by atoms with Gasteiger partial charge in [-0.1, -0.05) is 91.0 Å². The van der Waals surface area contributed by atoms with Crippen molar-refractivity contribution in [3.8, 4) is 16.8 Å². The van der Waals surface area contributed by atoms with E-state index in [1.165, 1.54) is 49.4 Å². The summed E-state index contributed by atoms with van der Waals surface area (Å²) in [5.74, 6) is 0. The van der Waals surface area contributed by atoms with Gasteiger partial charge in [0.15, 0.2) is 0 Å². The number of hydrogen-bond donors (Lipinski definition) is 0. The van der Waals surface area contributed by atoms with Crippen LogP contribution >= 0.6 is 0 Å². The standard InChI is InChI=1S/C28H19N/c1-3-11-20(12-4-1)25-19-21-13-7-8-16-23(21)28-27(25)24-17-9-10-18-26(24)29(28)22-14-5-2-6-15-22/h1-19H. The van der Waals surface area contributed by atoms with Gasteiger partial charge in [-0.3, -0.25) is 0 Å². The van der Waals surface area contributed by atoms with Gasteiger partial charge in [0.25, 0.3) is 0 Å². The van der Waals surface area contributed by atoms with Crippen LogP contribution in [0.1, 0.15) is 0 Å². The normalized spacial score (nSPS) is 11.4. The van der Waals surface area contributed by atoms with E-state index in [1.54, 1.807) is 0 Å². The molecule has 6 rings (SSSR count). The molecule has 0 N–H and O–H groups in total. The van der Waals surface area contributed by atoms with Crippen molar-refractivity contribution >= 4 is 32.6 Å². The molecule has 29 heavy (non-hydrogen) atoms. The van der Waals surface area contributed by atoms with Crippen molar-refractivity contribution in [2.24, 2.45) is 0 Å². The third-order valence-corrected chi connectivity index (χ3v) is 5.76. The molecule has 0 aliphatic carbocycles. The van der Waals surface area contributed by atoms with Crippen LogP contribution in [-0.4, -0.2) is 4.57 Å². The van der Waals surface area contributed by atoms with Crippen LogP contribution in [0.2, 0.25) is 0 Å².